The lowest BCUT2D eigenvalue weighted by Gasteiger charge is -2.11. The molecule has 8 nitrogen and oxygen atoms in total. The van der Waals surface area contributed by atoms with Crippen LogP contribution in [-0.4, -0.2) is 56.4 Å². The molecule has 0 N–H and O–H groups in total. The number of hydrogen-bond donors (Lipinski definition) is 0. The molecule has 0 bridgehead atoms. The van der Waals surface area contributed by atoms with E-state index < -0.39 is 0 Å². The second-order valence-corrected chi connectivity index (χ2v) is 25.6. The average molecular weight is 1170 g/mol. The van der Waals surface area contributed by atoms with Gasteiger partial charge < -0.3 is 19.6 Å². The maximum absolute atomic E-state index is 2.28. The highest BCUT2D eigenvalue weighted by Crippen LogP contribution is 2.34. The Hall–Kier alpha value is -7.48. The third kappa shape index (κ3) is 13.7. The predicted molar refractivity (Wildman–Crippen MR) is 363 cm³/mol. The molecule has 4 heterocycles. The summed E-state index contributed by atoms with van der Waals surface area (Å²) in [5.74, 6) is 0. The smallest absolute Gasteiger partial charge is 0.269 e. The van der Waals surface area contributed by atoms with E-state index >= 15 is 0 Å². The lowest BCUT2D eigenvalue weighted by molar-refractivity contribution is -0.629. The van der Waals surface area contributed by atoms with Crippen LogP contribution in [0.1, 0.15) is 37.1 Å². The molecule has 82 heavy (non-hydrogen) atoms. The van der Waals surface area contributed by atoms with Gasteiger partial charge in [0.2, 0.25) is 22.1 Å². The van der Waals surface area contributed by atoms with E-state index in [-0.39, 0.29) is 14.9 Å². The van der Waals surface area contributed by atoms with Crippen molar-refractivity contribution >= 4 is 109 Å². The van der Waals surface area contributed by atoms with E-state index in [2.05, 4.69) is 320 Å². The zero-order valence-corrected chi connectivity index (χ0v) is 52.6. The molecular formula is C70H84N8S4+4. The van der Waals surface area contributed by atoms with Gasteiger partial charge in [-0.05, 0) is 171 Å². The predicted octanol–water partition coefficient (Wildman–Crippen LogP) is 16.3. The zero-order valence-electron chi connectivity index (χ0n) is 49.4. The fourth-order valence-electron chi connectivity index (χ4n) is 9.67. The second kappa shape index (κ2) is 26.6. The fraction of sp³-hybridized carbons (Fsp3) is 0.257. The Morgan fingerprint density at radius 2 is 0.427 bits per heavy atom. The van der Waals surface area contributed by atoms with Crippen molar-refractivity contribution in [3.05, 3.63) is 192 Å². The molecule has 12 aromatic rings. The molecule has 12 rings (SSSR count). The van der Waals surface area contributed by atoms with Gasteiger partial charge in [0.15, 0.2) is 0 Å². The first kappa shape index (κ1) is 62.1. The van der Waals surface area contributed by atoms with Gasteiger partial charge >= 0.3 is 0 Å². The van der Waals surface area contributed by atoms with Crippen LogP contribution in [0, 0.1) is 27.7 Å². The van der Waals surface area contributed by atoms with Crippen LogP contribution >= 0.6 is 45.3 Å². The van der Waals surface area contributed by atoms with E-state index in [1.165, 1.54) is 128 Å². The lowest BCUT2D eigenvalue weighted by atomic mass is 10.2. The van der Waals surface area contributed by atoms with Crippen LogP contribution in [0.15, 0.2) is 170 Å². The van der Waals surface area contributed by atoms with Crippen LogP contribution in [0.4, 0.5) is 22.7 Å². The molecule has 0 spiro atoms. The monoisotopic (exact) mass is 1160 g/mol. The number of rotatable bonds is 8. The number of thiazole rings is 4. The Balaban J connectivity index is 0.000000156. The molecule has 12 heteroatoms. The van der Waals surface area contributed by atoms with E-state index in [9.17, 15) is 0 Å². The van der Waals surface area contributed by atoms with Crippen LogP contribution in [0.3, 0.4) is 0 Å². The second-order valence-electron chi connectivity index (χ2n) is 21.5. The Labute approximate surface area is 504 Å². The number of fused-ring (bicyclic) bond motifs is 4. The van der Waals surface area contributed by atoms with Crippen molar-refractivity contribution < 1.29 is 18.3 Å². The van der Waals surface area contributed by atoms with Gasteiger partial charge in [0.05, 0.1) is 22.3 Å². The quantitative estimate of drug-likeness (QED) is 0.142. The van der Waals surface area contributed by atoms with E-state index in [1.54, 1.807) is 0 Å². The van der Waals surface area contributed by atoms with Crippen molar-refractivity contribution in [2.24, 2.45) is 28.2 Å². The Morgan fingerprint density at radius 3 is 0.585 bits per heavy atom. The molecule has 0 amide bonds. The summed E-state index contributed by atoms with van der Waals surface area (Å²) < 4.78 is 14.5. The van der Waals surface area contributed by atoms with Crippen LogP contribution in [-0.2, 0) is 28.2 Å². The van der Waals surface area contributed by atoms with Gasteiger partial charge in [0, 0.05) is 103 Å². The maximum atomic E-state index is 2.28. The van der Waals surface area contributed by atoms with Gasteiger partial charge in [-0.3, -0.25) is 0 Å². The molecule has 0 radical (unpaired) electrons. The first-order valence-electron chi connectivity index (χ1n) is 26.9. The van der Waals surface area contributed by atoms with Crippen molar-refractivity contribution in [1.82, 2.24) is 0 Å². The molecule has 0 atom stereocenters. The summed E-state index contributed by atoms with van der Waals surface area (Å²) in [6.45, 7) is 8.57. The van der Waals surface area contributed by atoms with Crippen molar-refractivity contribution in [2.45, 2.75) is 42.5 Å². The summed E-state index contributed by atoms with van der Waals surface area (Å²) in [4.78, 5) is 8.49. The minimum Gasteiger partial charge on any atom is -0.378 e. The van der Waals surface area contributed by atoms with Crippen molar-refractivity contribution in [3.8, 4) is 42.3 Å². The summed E-state index contributed by atoms with van der Waals surface area (Å²) in [5, 5.41) is 5.21. The van der Waals surface area contributed by atoms with Gasteiger partial charge in [-0.1, -0.05) is 84.5 Å². The minimum atomic E-state index is 0. The van der Waals surface area contributed by atoms with Crippen molar-refractivity contribution in [3.63, 3.8) is 0 Å². The van der Waals surface area contributed by atoms with Crippen LogP contribution in [0.25, 0.3) is 83.2 Å². The van der Waals surface area contributed by atoms with E-state index in [0.717, 1.165) is 0 Å². The number of anilines is 4. The van der Waals surface area contributed by atoms with E-state index in [1.807, 2.05) is 45.3 Å². The minimum absolute atomic E-state index is 0. The Morgan fingerprint density at radius 1 is 0.256 bits per heavy atom. The van der Waals surface area contributed by atoms with Crippen LogP contribution < -0.4 is 37.9 Å². The fourth-order valence-corrected chi connectivity index (χ4v) is 14.7. The van der Waals surface area contributed by atoms with Gasteiger partial charge in [0.1, 0.15) is 47.0 Å². The van der Waals surface area contributed by atoms with Crippen molar-refractivity contribution in [1.29, 1.82) is 0 Å². The highest BCUT2D eigenvalue weighted by atomic mass is 32.1. The van der Waals surface area contributed by atoms with Gasteiger partial charge in [-0.25, -0.2) is 0 Å². The molecule has 0 aliphatic rings. The lowest BCUT2D eigenvalue weighted by Crippen LogP contribution is -2.28. The van der Waals surface area contributed by atoms with E-state index in [0.29, 0.717) is 0 Å². The highest BCUT2D eigenvalue weighted by Gasteiger charge is 2.22. The van der Waals surface area contributed by atoms with Crippen LogP contribution in [0.2, 0.25) is 0 Å². The molecular weight excluding hydrogens is 1080 g/mol. The summed E-state index contributed by atoms with van der Waals surface area (Å²) in [6.07, 6.45) is 0. The summed E-state index contributed by atoms with van der Waals surface area (Å²) in [7, 11) is 25.1. The number of hydrogen-bond acceptors (Lipinski definition) is 8. The highest BCUT2D eigenvalue weighted by molar-refractivity contribution is 7.22. The zero-order chi connectivity index (χ0) is 57.1. The van der Waals surface area contributed by atoms with E-state index in [4.69, 9.17) is 0 Å². The average Bonchev–Trinajstić information content (AvgIpc) is 4.07. The molecule has 0 saturated carbocycles. The molecule has 424 valence electrons. The topological polar surface area (TPSA) is 28.5 Å². The van der Waals surface area contributed by atoms with Crippen molar-refractivity contribution in [2.75, 3.05) is 76.0 Å². The first-order valence-corrected chi connectivity index (χ1v) is 30.2. The third-order valence-corrected chi connectivity index (χ3v) is 19.5. The van der Waals surface area contributed by atoms with Crippen LogP contribution in [0.5, 0.6) is 0 Å². The summed E-state index contributed by atoms with van der Waals surface area (Å²) in [5.41, 5.74) is 20.5. The largest absolute Gasteiger partial charge is 0.378 e. The Kier molecular flexibility index (Phi) is 20.2. The SMILES string of the molecule is C.C.Cc1ccc2c(c1)sc(-c1ccc(N(C)C)cc1)[n+]2C.Cc1ccc2c(c1)sc(-c1ccc(N(C)C)cc1)[n+]2C.Cc1ccc2c(c1)sc(-c1ccc(N(C)C)cc1)[n+]2C.Cc1ccc2c(c1)sc(-c1ccc(N(C)C)cc1)[n+]2C. The number of aromatic nitrogens is 4. The molecule has 0 aliphatic carbocycles. The normalized spacial score (nSPS) is 10.7. The molecule has 0 fully saturated rings. The third-order valence-electron chi connectivity index (χ3n) is 14.5. The summed E-state index contributed by atoms with van der Waals surface area (Å²) in [6, 6.07) is 61.6. The molecule has 8 aromatic carbocycles. The molecule has 0 aliphatic heterocycles. The summed E-state index contributed by atoms with van der Waals surface area (Å²) >= 11 is 7.42. The first-order chi connectivity index (χ1) is 38.2. The molecule has 0 saturated heterocycles. The number of nitrogens with zero attached hydrogens (tertiary/aromatic N) is 8. The maximum Gasteiger partial charge on any atom is 0.269 e. The Bertz CT molecular complexity index is 3550. The number of aryl methyl sites for hydroxylation is 8. The molecule has 4 aromatic heterocycles. The standard InChI is InChI=1S/4C17H19N2S.2CH4/c4*1-12-5-10-15-16(11-12)20-17(19(15)4)13-6-8-14(9-7-13)18(2)3;;/h4*5-11H,1-4H3;2*1H4/q4*+1;;. The van der Waals surface area contributed by atoms with Gasteiger partial charge in [-0.15, -0.1) is 0 Å². The van der Waals surface area contributed by atoms with Gasteiger partial charge in [0.25, 0.3) is 20.0 Å². The number of benzene rings is 8. The molecule has 0 unspecified atom stereocenters. The van der Waals surface area contributed by atoms with Gasteiger partial charge in [-0.2, -0.15) is 18.3 Å².